The van der Waals surface area contributed by atoms with Gasteiger partial charge in [-0.15, -0.1) is 0 Å². The van der Waals surface area contributed by atoms with E-state index >= 15 is 0 Å². The highest BCUT2D eigenvalue weighted by molar-refractivity contribution is 5.92. The van der Waals surface area contributed by atoms with E-state index in [4.69, 9.17) is 14.3 Å². The lowest BCUT2D eigenvalue weighted by Crippen LogP contribution is -2.31. The summed E-state index contributed by atoms with van der Waals surface area (Å²) in [4.78, 5) is 43.3. The van der Waals surface area contributed by atoms with Crippen LogP contribution in [0.25, 0.3) is 0 Å². The Kier molecular flexibility index (Phi) is 8.33. The Hall–Kier alpha value is -4.85. The molecule has 0 saturated heterocycles. The lowest BCUT2D eigenvalue weighted by atomic mass is 10.1. The van der Waals surface area contributed by atoms with Gasteiger partial charge < -0.3 is 19.6 Å². The van der Waals surface area contributed by atoms with E-state index < -0.39 is 17.3 Å². The zero-order chi connectivity index (χ0) is 26.0. The van der Waals surface area contributed by atoms with Crippen LogP contribution in [0.15, 0.2) is 102 Å². The van der Waals surface area contributed by atoms with E-state index in [1.54, 1.807) is 24.3 Å². The molecule has 8 heteroatoms. The molecule has 0 unspecified atom stereocenters. The van der Waals surface area contributed by atoms with E-state index in [-0.39, 0.29) is 31.2 Å². The second kappa shape index (κ2) is 12.2. The van der Waals surface area contributed by atoms with Gasteiger partial charge in [0.25, 0.3) is 5.91 Å². The van der Waals surface area contributed by atoms with Crippen molar-refractivity contribution in [2.75, 3.05) is 7.11 Å². The van der Waals surface area contributed by atoms with Gasteiger partial charge in [0, 0.05) is 12.6 Å². The first-order valence-electron chi connectivity index (χ1n) is 11.6. The van der Waals surface area contributed by atoms with E-state index in [9.17, 15) is 14.4 Å². The molecule has 0 bridgehead atoms. The predicted molar refractivity (Wildman–Crippen MR) is 137 cm³/mol. The Balaban J connectivity index is 1.52. The van der Waals surface area contributed by atoms with Gasteiger partial charge in [0.2, 0.25) is 5.43 Å². The molecule has 1 amide bonds. The van der Waals surface area contributed by atoms with Gasteiger partial charge in [0.15, 0.2) is 5.75 Å². The number of hydrogen-bond donors (Lipinski definition) is 1. The average molecular weight is 499 g/mol. The first-order chi connectivity index (χ1) is 18.0. The van der Waals surface area contributed by atoms with Crippen LogP contribution in [0.1, 0.15) is 37.5 Å². The number of carbonyl (C=O) groups is 2. The van der Waals surface area contributed by atoms with Gasteiger partial charge in [0.1, 0.15) is 18.9 Å². The summed E-state index contributed by atoms with van der Waals surface area (Å²) in [5.41, 5.74) is 2.56. The number of ether oxygens (including phenoxy) is 2. The summed E-state index contributed by atoms with van der Waals surface area (Å²) in [6.45, 7) is 0.554. The first kappa shape index (κ1) is 25.2. The minimum absolute atomic E-state index is 0.0270. The van der Waals surface area contributed by atoms with Gasteiger partial charge in [0.05, 0.1) is 18.9 Å². The molecule has 3 aromatic carbocycles. The van der Waals surface area contributed by atoms with E-state index in [0.717, 1.165) is 16.7 Å². The van der Waals surface area contributed by atoms with Crippen LogP contribution in [-0.4, -0.2) is 23.7 Å². The Morgan fingerprint density at radius 1 is 0.811 bits per heavy atom. The Morgan fingerprint density at radius 2 is 1.43 bits per heavy atom. The molecule has 0 atom stereocenters. The largest absolute Gasteiger partial charge is 0.483 e. The Bertz CT molecular complexity index is 1400. The lowest BCUT2D eigenvalue weighted by molar-refractivity contribution is 0.0600. The van der Waals surface area contributed by atoms with Crippen LogP contribution >= 0.6 is 0 Å². The van der Waals surface area contributed by atoms with Crippen LogP contribution in [0.5, 0.6) is 5.75 Å². The Morgan fingerprint density at radius 3 is 2.05 bits per heavy atom. The van der Waals surface area contributed by atoms with E-state index in [1.807, 2.05) is 60.7 Å². The molecule has 37 heavy (non-hydrogen) atoms. The fourth-order valence-electron chi connectivity index (χ4n) is 3.48. The summed E-state index contributed by atoms with van der Waals surface area (Å²) in [5.74, 6) is -0.881. The molecule has 1 N–H and O–H groups in total. The van der Waals surface area contributed by atoms with Gasteiger partial charge in [-0.1, -0.05) is 72.8 Å². The monoisotopic (exact) mass is 498 g/mol. The quantitative estimate of drug-likeness (QED) is 0.335. The summed E-state index contributed by atoms with van der Waals surface area (Å²) in [7, 11) is 1.31. The van der Waals surface area contributed by atoms with Crippen molar-refractivity contribution in [1.82, 2.24) is 10.0 Å². The molecule has 4 aromatic rings. The molecule has 0 aliphatic heterocycles. The number of nitrogens with zero attached hydrogens (tertiary/aromatic N) is 1. The number of esters is 1. The summed E-state index contributed by atoms with van der Waals surface area (Å²) in [5, 5.41) is 2.79. The van der Waals surface area contributed by atoms with E-state index in [0.29, 0.717) is 5.56 Å². The summed E-state index contributed by atoms with van der Waals surface area (Å²) >= 11 is 0. The van der Waals surface area contributed by atoms with Crippen LogP contribution in [0, 0.1) is 0 Å². The molecule has 0 aliphatic carbocycles. The third-order valence-electron chi connectivity index (χ3n) is 5.49. The smallest absolute Gasteiger partial charge is 0.337 e. The van der Waals surface area contributed by atoms with Gasteiger partial charge in [-0.05, 0) is 28.8 Å². The fourth-order valence-corrected chi connectivity index (χ4v) is 3.48. The molecular weight excluding hydrogens is 472 g/mol. The third-order valence-corrected chi connectivity index (χ3v) is 5.49. The molecule has 8 nitrogen and oxygen atoms in total. The lowest BCUT2D eigenvalue weighted by Gasteiger charge is -2.16. The number of benzene rings is 3. The molecule has 4 rings (SSSR count). The molecule has 0 saturated carbocycles. The van der Waals surface area contributed by atoms with E-state index in [1.165, 1.54) is 24.1 Å². The van der Waals surface area contributed by atoms with Crippen LogP contribution in [0.4, 0.5) is 0 Å². The van der Waals surface area contributed by atoms with Crippen molar-refractivity contribution < 1.29 is 23.9 Å². The number of pyridine rings is 1. The number of rotatable bonds is 10. The van der Waals surface area contributed by atoms with Crippen molar-refractivity contribution in [3.8, 4) is 5.75 Å². The minimum atomic E-state index is -0.503. The molecular formula is C29H26N2O6. The normalized spacial score (nSPS) is 10.4. The van der Waals surface area contributed by atoms with Crippen LogP contribution in [0.2, 0.25) is 0 Å². The molecule has 0 radical (unpaired) electrons. The van der Waals surface area contributed by atoms with Gasteiger partial charge >= 0.3 is 5.97 Å². The highest BCUT2D eigenvalue weighted by Gasteiger charge is 2.16. The second-order valence-electron chi connectivity index (χ2n) is 8.12. The molecule has 0 fully saturated rings. The number of amides is 1. The topological polar surface area (TPSA) is 95.9 Å². The number of methoxy groups -OCH3 is 1. The summed E-state index contributed by atoms with van der Waals surface area (Å²) < 4.78 is 11.7. The fraction of sp³-hybridized carbons (Fsp3) is 0.138. The number of carbonyl (C=O) groups excluding carboxylic acids is 2. The molecule has 0 spiro atoms. The van der Waals surface area contributed by atoms with Crippen LogP contribution in [-0.2, 0) is 24.5 Å². The second-order valence-corrected chi connectivity index (χ2v) is 8.12. The van der Waals surface area contributed by atoms with Crippen LogP contribution < -0.4 is 20.3 Å². The molecule has 1 heterocycles. The van der Waals surface area contributed by atoms with Crippen molar-refractivity contribution in [2.45, 2.75) is 19.8 Å². The molecule has 1 aromatic heterocycles. The Labute approximate surface area is 214 Å². The maximum Gasteiger partial charge on any atom is 0.337 e. The van der Waals surface area contributed by atoms with Crippen molar-refractivity contribution in [3.63, 3.8) is 0 Å². The number of nitrogens with one attached hydrogen (secondary N) is 1. The van der Waals surface area contributed by atoms with Gasteiger partial charge in [-0.25, -0.2) is 4.79 Å². The first-order valence-corrected chi connectivity index (χ1v) is 11.6. The highest BCUT2D eigenvalue weighted by Crippen LogP contribution is 2.11. The van der Waals surface area contributed by atoms with Gasteiger partial charge in [-0.2, -0.15) is 4.73 Å². The zero-order valence-electron chi connectivity index (χ0n) is 20.3. The summed E-state index contributed by atoms with van der Waals surface area (Å²) in [6, 6.07) is 26.8. The molecule has 0 aliphatic rings. The summed E-state index contributed by atoms with van der Waals surface area (Å²) in [6.07, 6.45) is 1.38. The standard InChI is InChI=1S/C29H26N2O6/c1-35-29(34)24-14-12-21(13-15-24)17-30-28(33)25-16-26(32)27(36-19-22-8-4-2-5-9-22)18-31(25)37-20-23-10-6-3-7-11-23/h2-16,18H,17,19-20H2,1H3,(H,30,33). The van der Waals surface area contributed by atoms with Crippen molar-refractivity contribution >= 4 is 11.9 Å². The van der Waals surface area contributed by atoms with E-state index in [2.05, 4.69) is 5.32 Å². The maximum absolute atomic E-state index is 13.0. The van der Waals surface area contributed by atoms with Crippen molar-refractivity contribution in [3.05, 3.63) is 135 Å². The minimum Gasteiger partial charge on any atom is -0.483 e. The average Bonchev–Trinajstić information content (AvgIpc) is 2.95. The highest BCUT2D eigenvalue weighted by atomic mass is 16.7. The number of aromatic nitrogens is 1. The SMILES string of the molecule is COC(=O)c1ccc(CNC(=O)c2cc(=O)c(OCc3ccccc3)cn2OCc2ccccc2)cc1. The third kappa shape index (κ3) is 6.85. The number of hydrogen-bond acceptors (Lipinski definition) is 6. The maximum atomic E-state index is 13.0. The molecule has 188 valence electrons. The van der Waals surface area contributed by atoms with Crippen molar-refractivity contribution in [2.24, 2.45) is 0 Å². The van der Waals surface area contributed by atoms with Crippen molar-refractivity contribution in [1.29, 1.82) is 0 Å². The predicted octanol–water partition coefficient (Wildman–Crippen LogP) is 3.77. The van der Waals surface area contributed by atoms with Gasteiger partial charge in [-0.3, -0.25) is 9.59 Å². The van der Waals surface area contributed by atoms with Crippen LogP contribution in [0.3, 0.4) is 0 Å². The zero-order valence-corrected chi connectivity index (χ0v) is 20.3.